The highest BCUT2D eigenvalue weighted by Gasteiger charge is 2.29. The van der Waals surface area contributed by atoms with Gasteiger partial charge in [0.2, 0.25) is 0 Å². The van der Waals surface area contributed by atoms with Crippen LogP contribution in [0, 0.1) is 5.92 Å². The Hall–Kier alpha value is -0.0800. The van der Waals surface area contributed by atoms with E-state index in [0.29, 0.717) is 0 Å². The number of rotatable bonds is 2. The molecule has 0 aromatic heterocycles. The fraction of sp³-hybridized carbons (Fsp3) is 1.00. The van der Waals surface area contributed by atoms with Crippen LogP contribution >= 0.6 is 0 Å². The Bertz CT molecular complexity index is 119. The summed E-state index contributed by atoms with van der Waals surface area (Å²) >= 11 is 0. The maximum absolute atomic E-state index is 3.59. The Morgan fingerprint density at radius 3 is 1.83 bits per heavy atom. The Morgan fingerprint density at radius 1 is 1.00 bits per heavy atom. The molecule has 0 radical (unpaired) electrons. The van der Waals surface area contributed by atoms with Crippen molar-refractivity contribution in [3.8, 4) is 0 Å². The van der Waals surface area contributed by atoms with Crippen LogP contribution in [0.15, 0.2) is 0 Å². The minimum Gasteiger partial charge on any atom is -0.314 e. The van der Waals surface area contributed by atoms with Crippen molar-refractivity contribution < 1.29 is 0 Å². The van der Waals surface area contributed by atoms with Crippen LogP contribution in [0.25, 0.3) is 0 Å². The third kappa shape index (κ3) is 1.64. The van der Waals surface area contributed by atoms with Crippen LogP contribution in [-0.2, 0) is 0 Å². The maximum atomic E-state index is 3.59. The van der Waals surface area contributed by atoms with Crippen molar-refractivity contribution in [1.29, 1.82) is 0 Å². The molecule has 2 unspecified atom stereocenters. The molecule has 0 bridgehead atoms. The largest absolute Gasteiger partial charge is 0.314 e. The summed E-state index contributed by atoms with van der Waals surface area (Å²) in [6.07, 6.45) is 5.53. The van der Waals surface area contributed by atoms with Gasteiger partial charge in [-0.2, -0.15) is 0 Å². The minimum absolute atomic E-state index is 0.792. The van der Waals surface area contributed by atoms with Crippen molar-refractivity contribution in [3.05, 3.63) is 0 Å². The van der Waals surface area contributed by atoms with Gasteiger partial charge in [-0.15, -0.1) is 0 Å². The zero-order valence-electron chi connectivity index (χ0n) is 7.97. The van der Waals surface area contributed by atoms with Gasteiger partial charge in [-0.3, -0.25) is 0 Å². The van der Waals surface area contributed by atoms with Crippen molar-refractivity contribution in [1.82, 2.24) is 10.6 Å². The molecular weight excluding hydrogens is 148 g/mol. The van der Waals surface area contributed by atoms with Crippen molar-refractivity contribution >= 4 is 0 Å². The molecular formula is C10H20N2. The van der Waals surface area contributed by atoms with E-state index in [9.17, 15) is 0 Å². The van der Waals surface area contributed by atoms with Gasteiger partial charge in [0.25, 0.3) is 0 Å². The second kappa shape index (κ2) is 3.75. The predicted octanol–water partition coefficient (Wildman–Crippen LogP) is 1.13. The zero-order chi connectivity index (χ0) is 8.39. The van der Waals surface area contributed by atoms with Crippen LogP contribution in [0.1, 0.15) is 32.6 Å². The highest BCUT2D eigenvalue weighted by molar-refractivity contribution is 4.88. The zero-order valence-corrected chi connectivity index (χ0v) is 7.97. The van der Waals surface area contributed by atoms with E-state index in [0.717, 1.165) is 18.0 Å². The first-order valence-electron chi connectivity index (χ1n) is 5.34. The first-order valence-corrected chi connectivity index (χ1v) is 5.34. The van der Waals surface area contributed by atoms with E-state index in [2.05, 4.69) is 17.6 Å². The Kier molecular flexibility index (Phi) is 2.66. The molecule has 70 valence electrons. The van der Waals surface area contributed by atoms with Gasteiger partial charge in [-0.05, 0) is 44.7 Å². The summed E-state index contributed by atoms with van der Waals surface area (Å²) < 4.78 is 0. The summed E-state index contributed by atoms with van der Waals surface area (Å²) in [6.45, 7) is 4.87. The van der Waals surface area contributed by atoms with Crippen LogP contribution < -0.4 is 10.6 Å². The molecule has 0 saturated carbocycles. The minimum atomic E-state index is 0.792. The standard InChI is InChI=1S/C10H20N2/c1-8(9-4-2-6-11-9)10-5-3-7-12-10/h8-12H,2-7H2,1H3. The van der Waals surface area contributed by atoms with E-state index in [1.807, 2.05) is 0 Å². The molecule has 2 saturated heterocycles. The average Bonchev–Trinajstić information content (AvgIpc) is 2.77. The first-order chi connectivity index (χ1) is 5.88. The summed E-state index contributed by atoms with van der Waals surface area (Å²) in [5, 5.41) is 7.19. The molecule has 2 fully saturated rings. The first kappa shape index (κ1) is 8.52. The monoisotopic (exact) mass is 168 g/mol. The molecule has 2 N–H and O–H groups in total. The van der Waals surface area contributed by atoms with Crippen LogP contribution in [0.5, 0.6) is 0 Å². The summed E-state index contributed by atoms with van der Waals surface area (Å²) in [4.78, 5) is 0. The molecule has 0 spiro atoms. The third-order valence-electron chi connectivity index (χ3n) is 3.47. The van der Waals surface area contributed by atoms with Crippen LogP contribution in [0.2, 0.25) is 0 Å². The lowest BCUT2D eigenvalue weighted by Crippen LogP contribution is -2.40. The van der Waals surface area contributed by atoms with Gasteiger partial charge in [0.05, 0.1) is 0 Å². The fourth-order valence-electron chi connectivity index (χ4n) is 2.60. The Labute approximate surface area is 75.1 Å². The van der Waals surface area contributed by atoms with Crippen molar-refractivity contribution in [2.24, 2.45) is 5.92 Å². The van der Waals surface area contributed by atoms with E-state index in [-0.39, 0.29) is 0 Å². The average molecular weight is 168 g/mol. The summed E-state index contributed by atoms with van der Waals surface area (Å²) in [5.41, 5.74) is 0. The summed E-state index contributed by atoms with van der Waals surface area (Å²) in [6, 6.07) is 1.58. The molecule has 2 heterocycles. The molecule has 2 heteroatoms. The molecule has 0 aromatic carbocycles. The van der Waals surface area contributed by atoms with Crippen molar-refractivity contribution in [2.45, 2.75) is 44.7 Å². The second-order valence-corrected chi connectivity index (χ2v) is 4.26. The molecule has 2 nitrogen and oxygen atoms in total. The molecule has 2 atom stereocenters. The lowest BCUT2D eigenvalue weighted by molar-refractivity contribution is 0.331. The molecule has 2 aliphatic rings. The number of hydrogen-bond donors (Lipinski definition) is 2. The topological polar surface area (TPSA) is 24.1 Å². The number of nitrogens with one attached hydrogen (secondary N) is 2. The lowest BCUT2D eigenvalue weighted by atomic mass is 9.91. The summed E-state index contributed by atoms with van der Waals surface area (Å²) in [5.74, 6) is 0.829. The molecule has 0 aliphatic carbocycles. The van der Waals surface area contributed by atoms with E-state index in [1.54, 1.807) is 0 Å². The normalized spacial score (nSPS) is 38.8. The molecule has 2 rings (SSSR count). The quantitative estimate of drug-likeness (QED) is 0.646. The smallest absolute Gasteiger partial charge is 0.0108 e. The van der Waals surface area contributed by atoms with Gasteiger partial charge in [-0.25, -0.2) is 0 Å². The van der Waals surface area contributed by atoms with Crippen molar-refractivity contribution in [3.63, 3.8) is 0 Å². The molecule has 12 heavy (non-hydrogen) atoms. The van der Waals surface area contributed by atoms with E-state index in [4.69, 9.17) is 0 Å². The van der Waals surface area contributed by atoms with E-state index in [1.165, 1.54) is 38.8 Å². The SMILES string of the molecule is CC(C1CCCN1)C1CCCN1. The highest BCUT2D eigenvalue weighted by Crippen LogP contribution is 2.22. The Morgan fingerprint density at radius 2 is 1.50 bits per heavy atom. The van der Waals surface area contributed by atoms with Crippen molar-refractivity contribution in [2.75, 3.05) is 13.1 Å². The van der Waals surface area contributed by atoms with Crippen LogP contribution in [-0.4, -0.2) is 25.2 Å². The van der Waals surface area contributed by atoms with Gasteiger partial charge in [-0.1, -0.05) is 6.92 Å². The van der Waals surface area contributed by atoms with Gasteiger partial charge < -0.3 is 10.6 Å². The van der Waals surface area contributed by atoms with Gasteiger partial charge in [0.1, 0.15) is 0 Å². The van der Waals surface area contributed by atoms with E-state index >= 15 is 0 Å². The predicted molar refractivity (Wildman–Crippen MR) is 51.2 cm³/mol. The van der Waals surface area contributed by atoms with E-state index < -0.39 is 0 Å². The maximum Gasteiger partial charge on any atom is 0.0108 e. The lowest BCUT2D eigenvalue weighted by Gasteiger charge is -2.25. The van der Waals surface area contributed by atoms with Crippen LogP contribution in [0.4, 0.5) is 0 Å². The molecule has 0 amide bonds. The molecule has 2 aliphatic heterocycles. The highest BCUT2D eigenvalue weighted by atomic mass is 15.0. The second-order valence-electron chi connectivity index (χ2n) is 4.26. The van der Waals surface area contributed by atoms with Gasteiger partial charge in [0, 0.05) is 12.1 Å². The summed E-state index contributed by atoms with van der Waals surface area (Å²) in [7, 11) is 0. The third-order valence-corrected chi connectivity index (χ3v) is 3.47. The fourth-order valence-corrected chi connectivity index (χ4v) is 2.60. The number of hydrogen-bond acceptors (Lipinski definition) is 2. The van der Waals surface area contributed by atoms with Crippen LogP contribution in [0.3, 0.4) is 0 Å². The Balaban J connectivity index is 1.84. The van der Waals surface area contributed by atoms with Gasteiger partial charge in [0.15, 0.2) is 0 Å². The molecule has 0 aromatic rings. The van der Waals surface area contributed by atoms with Gasteiger partial charge >= 0.3 is 0 Å².